The molecule has 17 heavy (non-hydrogen) atoms. The van der Waals surface area contributed by atoms with Crippen LogP contribution >= 0.6 is 11.6 Å². The highest BCUT2D eigenvalue weighted by molar-refractivity contribution is 6.30. The van der Waals surface area contributed by atoms with Gasteiger partial charge in [-0.1, -0.05) is 23.7 Å². The van der Waals surface area contributed by atoms with Gasteiger partial charge in [-0.2, -0.15) is 0 Å². The largest absolute Gasteiger partial charge is 0.377 e. The molecular weight excluding hydrogens is 234 g/mol. The van der Waals surface area contributed by atoms with Crippen LogP contribution in [0.15, 0.2) is 24.3 Å². The highest BCUT2D eigenvalue weighted by Gasteiger charge is 2.12. The van der Waals surface area contributed by atoms with Crippen molar-refractivity contribution in [1.82, 2.24) is 5.32 Å². The predicted octanol–water partition coefficient (Wildman–Crippen LogP) is 3.39. The Labute approximate surface area is 108 Å². The summed E-state index contributed by atoms with van der Waals surface area (Å²) in [5.74, 6) is 0. The molecule has 1 unspecified atom stereocenters. The molecule has 2 rings (SSSR count). The first kappa shape index (κ1) is 12.9. The molecule has 0 aliphatic carbocycles. The zero-order valence-electron chi connectivity index (χ0n) is 10.1. The summed E-state index contributed by atoms with van der Waals surface area (Å²) in [4.78, 5) is 0. The number of hydrogen-bond acceptors (Lipinski definition) is 2. The Kier molecular flexibility index (Phi) is 5.30. The molecule has 3 heteroatoms. The van der Waals surface area contributed by atoms with Gasteiger partial charge in [0.05, 0.1) is 6.61 Å². The lowest BCUT2D eigenvalue weighted by molar-refractivity contribution is 0.115. The second kappa shape index (κ2) is 7.00. The molecule has 1 aromatic carbocycles. The van der Waals surface area contributed by atoms with Crippen LogP contribution in [0.2, 0.25) is 5.02 Å². The Balaban J connectivity index is 1.55. The van der Waals surface area contributed by atoms with Crippen molar-refractivity contribution in [3.63, 3.8) is 0 Å². The van der Waals surface area contributed by atoms with Gasteiger partial charge < -0.3 is 10.1 Å². The maximum absolute atomic E-state index is 5.82. The van der Waals surface area contributed by atoms with Gasteiger partial charge in [0.15, 0.2) is 0 Å². The highest BCUT2D eigenvalue weighted by atomic mass is 35.5. The minimum Gasteiger partial charge on any atom is -0.377 e. The summed E-state index contributed by atoms with van der Waals surface area (Å²) in [6, 6.07) is 8.57. The van der Waals surface area contributed by atoms with E-state index in [4.69, 9.17) is 16.3 Å². The van der Waals surface area contributed by atoms with Crippen LogP contribution in [0, 0.1) is 0 Å². The highest BCUT2D eigenvalue weighted by Crippen LogP contribution is 2.12. The summed E-state index contributed by atoms with van der Waals surface area (Å²) in [6.45, 7) is 2.73. The van der Waals surface area contributed by atoms with Gasteiger partial charge in [-0.3, -0.25) is 0 Å². The molecule has 1 aromatic rings. The number of rotatable bonds is 6. The van der Waals surface area contributed by atoms with E-state index >= 15 is 0 Å². The monoisotopic (exact) mass is 253 g/mol. The summed E-state index contributed by atoms with van der Waals surface area (Å²) in [7, 11) is 0. The van der Waals surface area contributed by atoms with E-state index in [-0.39, 0.29) is 0 Å². The van der Waals surface area contributed by atoms with E-state index in [0.29, 0.717) is 6.61 Å². The molecule has 94 valence electrons. The SMILES string of the molecule is Clc1ccc(COCCCC2CCCN2)cc1. The van der Waals surface area contributed by atoms with E-state index in [2.05, 4.69) is 5.32 Å². The smallest absolute Gasteiger partial charge is 0.0716 e. The third-order valence-corrected chi connectivity index (χ3v) is 3.44. The lowest BCUT2D eigenvalue weighted by atomic mass is 10.1. The maximum atomic E-state index is 5.82. The average molecular weight is 254 g/mol. The van der Waals surface area contributed by atoms with Crippen molar-refractivity contribution in [3.05, 3.63) is 34.9 Å². The van der Waals surface area contributed by atoms with Crippen LogP contribution in [0.1, 0.15) is 31.2 Å². The van der Waals surface area contributed by atoms with Crippen LogP contribution < -0.4 is 5.32 Å². The van der Waals surface area contributed by atoms with Crippen LogP contribution in [0.25, 0.3) is 0 Å². The third kappa shape index (κ3) is 4.66. The molecule has 0 aromatic heterocycles. The first-order chi connectivity index (χ1) is 8.34. The van der Waals surface area contributed by atoms with E-state index in [1.165, 1.54) is 31.4 Å². The second-order valence-corrected chi connectivity index (χ2v) is 5.05. The van der Waals surface area contributed by atoms with Crippen molar-refractivity contribution < 1.29 is 4.74 Å². The fourth-order valence-corrected chi connectivity index (χ4v) is 2.33. The quantitative estimate of drug-likeness (QED) is 0.785. The molecule has 1 fully saturated rings. The van der Waals surface area contributed by atoms with Gasteiger partial charge in [0.1, 0.15) is 0 Å². The molecule has 1 N–H and O–H groups in total. The molecule has 0 amide bonds. The van der Waals surface area contributed by atoms with Gasteiger partial charge in [-0.25, -0.2) is 0 Å². The van der Waals surface area contributed by atoms with Crippen molar-refractivity contribution in [3.8, 4) is 0 Å². The van der Waals surface area contributed by atoms with Crippen molar-refractivity contribution in [2.24, 2.45) is 0 Å². The first-order valence-electron chi connectivity index (χ1n) is 6.40. The molecule has 0 spiro atoms. The van der Waals surface area contributed by atoms with Gasteiger partial charge in [-0.05, 0) is 49.9 Å². The number of ether oxygens (including phenoxy) is 1. The summed E-state index contributed by atoms with van der Waals surface area (Å²) < 4.78 is 5.65. The molecule has 0 bridgehead atoms. The number of nitrogens with one attached hydrogen (secondary N) is 1. The average Bonchev–Trinajstić information content (AvgIpc) is 2.84. The molecule has 1 heterocycles. The zero-order valence-corrected chi connectivity index (χ0v) is 10.9. The van der Waals surface area contributed by atoms with Gasteiger partial charge in [0, 0.05) is 17.7 Å². The molecule has 2 nitrogen and oxygen atoms in total. The van der Waals surface area contributed by atoms with E-state index in [1.807, 2.05) is 24.3 Å². The molecule has 1 saturated heterocycles. The van der Waals surface area contributed by atoms with Crippen molar-refractivity contribution >= 4 is 11.6 Å². The van der Waals surface area contributed by atoms with Crippen molar-refractivity contribution in [2.75, 3.05) is 13.2 Å². The lowest BCUT2D eigenvalue weighted by Crippen LogP contribution is -2.21. The Hall–Kier alpha value is -0.570. The Morgan fingerprint density at radius 2 is 2.12 bits per heavy atom. The Bertz CT molecular complexity index is 319. The maximum Gasteiger partial charge on any atom is 0.0716 e. The minimum absolute atomic E-state index is 0.690. The summed E-state index contributed by atoms with van der Waals surface area (Å²) in [6.07, 6.45) is 5.04. The second-order valence-electron chi connectivity index (χ2n) is 4.61. The van der Waals surface area contributed by atoms with Crippen LogP contribution in [0.5, 0.6) is 0 Å². The topological polar surface area (TPSA) is 21.3 Å². The molecule has 0 radical (unpaired) electrons. The van der Waals surface area contributed by atoms with Gasteiger partial charge in [0.2, 0.25) is 0 Å². The summed E-state index contributed by atoms with van der Waals surface area (Å²) in [5.41, 5.74) is 1.19. The normalized spacial score (nSPS) is 19.7. The van der Waals surface area contributed by atoms with Crippen LogP contribution in [0.3, 0.4) is 0 Å². The van der Waals surface area contributed by atoms with E-state index in [9.17, 15) is 0 Å². The lowest BCUT2D eigenvalue weighted by Gasteiger charge is -2.09. The van der Waals surface area contributed by atoms with E-state index in [0.717, 1.165) is 24.1 Å². The summed E-state index contributed by atoms with van der Waals surface area (Å²) in [5, 5.41) is 4.28. The van der Waals surface area contributed by atoms with E-state index < -0.39 is 0 Å². The Morgan fingerprint density at radius 1 is 1.29 bits per heavy atom. The van der Waals surface area contributed by atoms with Crippen LogP contribution in [-0.4, -0.2) is 19.2 Å². The molecular formula is C14H20ClNO. The van der Waals surface area contributed by atoms with Crippen molar-refractivity contribution in [2.45, 2.75) is 38.3 Å². The standard InChI is InChI=1S/C14H20ClNO/c15-13-7-5-12(6-8-13)11-17-10-2-4-14-3-1-9-16-14/h5-8,14,16H,1-4,9-11H2. The molecule has 1 aliphatic rings. The fourth-order valence-electron chi connectivity index (χ4n) is 2.21. The third-order valence-electron chi connectivity index (χ3n) is 3.19. The van der Waals surface area contributed by atoms with Gasteiger partial charge in [-0.15, -0.1) is 0 Å². The number of benzene rings is 1. The summed E-state index contributed by atoms with van der Waals surface area (Å²) >= 11 is 5.82. The number of halogens is 1. The molecule has 0 saturated carbocycles. The molecule has 1 aliphatic heterocycles. The van der Waals surface area contributed by atoms with Crippen LogP contribution in [0.4, 0.5) is 0 Å². The molecule has 1 atom stereocenters. The van der Waals surface area contributed by atoms with Gasteiger partial charge in [0.25, 0.3) is 0 Å². The number of hydrogen-bond donors (Lipinski definition) is 1. The van der Waals surface area contributed by atoms with E-state index in [1.54, 1.807) is 0 Å². The van der Waals surface area contributed by atoms with Crippen molar-refractivity contribution in [1.29, 1.82) is 0 Å². The minimum atomic E-state index is 0.690. The predicted molar refractivity (Wildman–Crippen MR) is 71.4 cm³/mol. The Morgan fingerprint density at radius 3 is 2.82 bits per heavy atom. The zero-order chi connectivity index (χ0) is 11.9. The fraction of sp³-hybridized carbons (Fsp3) is 0.571. The van der Waals surface area contributed by atoms with Crippen LogP contribution in [-0.2, 0) is 11.3 Å². The first-order valence-corrected chi connectivity index (χ1v) is 6.78. The van der Waals surface area contributed by atoms with Gasteiger partial charge >= 0.3 is 0 Å².